The molecule has 0 radical (unpaired) electrons. The zero-order valence-electron chi connectivity index (χ0n) is 31.8. The molecule has 0 saturated carbocycles. The van der Waals surface area contributed by atoms with Gasteiger partial charge in [-0.1, -0.05) is 141 Å². The normalized spacial score (nSPS) is 16.4. The number of ether oxygens (including phenoxy) is 2. The van der Waals surface area contributed by atoms with E-state index in [-0.39, 0.29) is 22.7 Å². The van der Waals surface area contributed by atoms with Crippen LogP contribution in [0.2, 0.25) is 5.54 Å². The van der Waals surface area contributed by atoms with Crippen LogP contribution >= 0.6 is 0 Å². The van der Waals surface area contributed by atoms with Crippen LogP contribution in [0.1, 0.15) is 142 Å². The number of fused-ring (bicyclic) bond motifs is 1. The Morgan fingerprint density at radius 1 is 0.745 bits per heavy atom. The van der Waals surface area contributed by atoms with Crippen molar-refractivity contribution < 1.29 is 22.6 Å². The molecule has 0 amide bonds. The van der Waals surface area contributed by atoms with E-state index in [4.69, 9.17) is 9.47 Å². The molecule has 0 fully saturated rings. The van der Waals surface area contributed by atoms with Crippen molar-refractivity contribution in [3.8, 4) is 28.3 Å². The number of hydrogen-bond acceptors (Lipinski definition) is 4. The van der Waals surface area contributed by atoms with Gasteiger partial charge in [-0.2, -0.15) is 8.78 Å². The smallest absolute Gasteiger partial charge is 0.311 e. The molecule has 1 aliphatic rings. The van der Waals surface area contributed by atoms with Gasteiger partial charge in [0.05, 0.1) is 15.1 Å². The van der Waals surface area contributed by atoms with E-state index in [1.165, 1.54) is 81.9 Å². The van der Waals surface area contributed by atoms with Gasteiger partial charge in [-0.15, -0.1) is 0 Å². The number of aromatic nitrogens is 2. The van der Waals surface area contributed by atoms with E-state index in [2.05, 4.69) is 49.8 Å². The van der Waals surface area contributed by atoms with Gasteiger partial charge in [0.15, 0.2) is 5.82 Å². The van der Waals surface area contributed by atoms with Crippen LogP contribution in [0.15, 0.2) is 48.8 Å². The molecule has 3 unspecified atom stereocenters. The Labute approximate surface area is 308 Å². The first kappa shape index (κ1) is 41.0. The van der Waals surface area contributed by atoms with Crippen molar-refractivity contribution >= 4 is 9.52 Å². The van der Waals surface area contributed by atoms with Crippen LogP contribution < -0.4 is 4.74 Å². The third kappa shape index (κ3) is 12.7. The highest BCUT2D eigenvalue weighted by Crippen LogP contribution is 2.49. The van der Waals surface area contributed by atoms with Crippen LogP contribution in [0.3, 0.4) is 0 Å². The number of aryl methyl sites for hydroxylation is 1. The number of unbranched alkanes of at least 4 members (excludes halogenated alkanes) is 9. The quantitative estimate of drug-likeness (QED) is 0.0645. The highest BCUT2D eigenvalue weighted by molar-refractivity contribution is 6.39. The lowest BCUT2D eigenvalue weighted by Gasteiger charge is -2.21. The lowest BCUT2D eigenvalue weighted by atomic mass is 9.96. The van der Waals surface area contributed by atoms with Gasteiger partial charge in [-0.05, 0) is 54.9 Å². The Morgan fingerprint density at radius 3 is 2.04 bits per heavy atom. The van der Waals surface area contributed by atoms with Gasteiger partial charge in [0, 0.05) is 31.2 Å². The summed E-state index contributed by atoms with van der Waals surface area (Å²) in [5.41, 5.74) is 1.28. The molecule has 0 spiro atoms. The largest absolute Gasteiger partial charge is 0.488 e. The van der Waals surface area contributed by atoms with Crippen molar-refractivity contribution in [2.45, 2.75) is 154 Å². The molecule has 4 rings (SSSR count). The van der Waals surface area contributed by atoms with Crippen molar-refractivity contribution in [1.82, 2.24) is 9.97 Å². The van der Waals surface area contributed by atoms with Crippen molar-refractivity contribution in [1.29, 1.82) is 0 Å². The first-order chi connectivity index (χ1) is 24.7. The van der Waals surface area contributed by atoms with E-state index in [0.717, 1.165) is 75.2 Å². The molecule has 2 aromatic carbocycles. The molecule has 1 aromatic heterocycles. The minimum Gasteiger partial charge on any atom is -0.488 e. The van der Waals surface area contributed by atoms with Crippen molar-refractivity contribution in [3.05, 3.63) is 65.7 Å². The zero-order chi connectivity index (χ0) is 36.5. The molecule has 3 aromatic rings. The number of halogens is 3. The molecule has 0 N–H and O–H groups in total. The minimum absolute atomic E-state index is 0.0288. The number of hydrogen-bond donors (Lipinski definition) is 0. The highest BCUT2D eigenvalue weighted by atomic mass is 28.2. The third-order valence-corrected chi connectivity index (χ3v) is 12.8. The highest BCUT2D eigenvalue weighted by Gasteiger charge is 2.53. The summed E-state index contributed by atoms with van der Waals surface area (Å²) in [6, 6.07) is 11.2. The second-order valence-electron chi connectivity index (χ2n) is 15.1. The van der Waals surface area contributed by atoms with E-state index in [1.54, 1.807) is 12.4 Å². The molecule has 282 valence electrons. The fourth-order valence-electron chi connectivity index (χ4n) is 7.18. The Balaban J connectivity index is 1.23. The zero-order valence-corrected chi connectivity index (χ0v) is 33.3. The topological polar surface area (TPSA) is 44.2 Å². The van der Waals surface area contributed by atoms with Gasteiger partial charge in [-0.25, -0.2) is 14.4 Å². The molecule has 8 heteroatoms. The molecule has 0 aliphatic carbocycles. The maximum Gasteiger partial charge on any atom is 0.311 e. The van der Waals surface area contributed by atoms with Gasteiger partial charge in [0.1, 0.15) is 22.9 Å². The predicted molar refractivity (Wildman–Crippen MR) is 208 cm³/mol. The van der Waals surface area contributed by atoms with Crippen LogP contribution in [-0.2, 0) is 17.1 Å². The third-order valence-electron chi connectivity index (χ3n) is 10.5. The molecular formula is C43H63F3N2O2Si. The molecule has 51 heavy (non-hydrogen) atoms. The molecule has 0 saturated heterocycles. The summed E-state index contributed by atoms with van der Waals surface area (Å²) in [5, 5.41) is 0. The fourth-order valence-corrected chi connectivity index (χ4v) is 9.21. The van der Waals surface area contributed by atoms with E-state index < -0.39 is 32.6 Å². The average Bonchev–Trinajstić information content (AvgIpc) is 3.38. The summed E-state index contributed by atoms with van der Waals surface area (Å²) in [5.74, 6) is -3.52. The van der Waals surface area contributed by atoms with Crippen LogP contribution in [0, 0.1) is 11.7 Å². The number of alkyl halides is 2. The summed E-state index contributed by atoms with van der Waals surface area (Å²) < 4.78 is 58.7. The second kappa shape index (κ2) is 21.7. The van der Waals surface area contributed by atoms with Crippen LogP contribution in [0.4, 0.5) is 13.2 Å². The summed E-state index contributed by atoms with van der Waals surface area (Å²) in [7, 11) is -1.34. The summed E-state index contributed by atoms with van der Waals surface area (Å²) in [6.45, 7) is 10.5. The Morgan fingerprint density at radius 2 is 1.35 bits per heavy atom. The summed E-state index contributed by atoms with van der Waals surface area (Å²) in [4.78, 5) is 8.78. The maximum absolute atomic E-state index is 15.8. The first-order valence-corrected chi connectivity index (χ1v) is 21.7. The standard InChI is InChI=1S/C43H63F3N2O2Si/c1-5-7-9-16-28-49-29-17-15-21-34-22-24-35(25-23-34)36-30-47-41(48-31-36)37-26-27-38-39(40(37)44)43(45,46)42(50-38)51-33(4)20-14-11-10-13-19-32(3)18-12-8-6-2/h22-27,30-33,42H,5-21,28-29,51H2,1-4H3. The molecule has 4 nitrogen and oxygen atoms in total. The predicted octanol–water partition coefficient (Wildman–Crippen LogP) is 12.2. The van der Waals surface area contributed by atoms with Gasteiger partial charge < -0.3 is 9.47 Å². The molecular weight excluding hydrogens is 662 g/mol. The van der Waals surface area contributed by atoms with Crippen molar-refractivity contribution in [3.63, 3.8) is 0 Å². The lowest BCUT2D eigenvalue weighted by Crippen LogP contribution is -2.37. The monoisotopic (exact) mass is 724 g/mol. The van der Waals surface area contributed by atoms with Crippen molar-refractivity contribution in [2.75, 3.05) is 13.2 Å². The Kier molecular flexibility index (Phi) is 17.5. The van der Waals surface area contributed by atoms with Crippen LogP contribution in [0.5, 0.6) is 5.75 Å². The van der Waals surface area contributed by atoms with E-state index >= 15 is 13.2 Å². The van der Waals surface area contributed by atoms with Crippen LogP contribution in [-0.4, -0.2) is 38.4 Å². The lowest BCUT2D eigenvalue weighted by molar-refractivity contribution is -0.0451. The summed E-state index contributed by atoms with van der Waals surface area (Å²) >= 11 is 0. The number of benzene rings is 2. The van der Waals surface area contributed by atoms with Gasteiger partial charge in [-0.3, -0.25) is 0 Å². The van der Waals surface area contributed by atoms with Gasteiger partial charge >= 0.3 is 5.92 Å². The van der Waals surface area contributed by atoms with E-state index in [9.17, 15) is 0 Å². The van der Waals surface area contributed by atoms with Gasteiger partial charge in [0.2, 0.25) is 0 Å². The molecule has 0 bridgehead atoms. The van der Waals surface area contributed by atoms with E-state index in [1.807, 2.05) is 12.1 Å². The SMILES string of the molecule is CCCCCCOCCCCc1ccc(-c2cnc(-c3ccc4c(c3F)C(F)(F)C([SiH2]C(C)CCCCCCC(C)CCCCC)O4)nc2)cc1. The fraction of sp³-hybridized carbons (Fsp3) is 0.628. The first-order valence-electron chi connectivity index (χ1n) is 20.1. The Bertz CT molecular complexity index is 1420. The minimum atomic E-state index is -3.37. The van der Waals surface area contributed by atoms with Crippen molar-refractivity contribution in [2.24, 2.45) is 5.92 Å². The number of rotatable bonds is 25. The number of nitrogens with zero attached hydrogens (tertiary/aromatic N) is 2. The van der Waals surface area contributed by atoms with Gasteiger partial charge in [0.25, 0.3) is 0 Å². The Hall–Kier alpha value is -2.71. The average molecular weight is 725 g/mol. The van der Waals surface area contributed by atoms with Crippen LogP contribution in [0.25, 0.3) is 22.5 Å². The molecule has 1 aliphatic heterocycles. The van der Waals surface area contributed by atoms with E-state index in [0.29, 0.717) is 0 Å². The summed E-state index contributed by atoms with van der Waals surface area (Å²) in [6.07, 6.45) is 23.4. The maximum atomic E-state index is 15.8. The second-order valence-corrected chi connectivity index (χ2v) is 17.7. The molecule has 3 atom stereocenters. The molecule has 2 heterocycles.